The highest BCUT2D eigenvalue weighted by molar-refractivity contribution is 7.99. The highest BCUT2D eigenvalue weighted by atomic mass is 35.5. The number of hydrogen-bond donors (Lipinski definition) is 3. The van der Waals surface area contributed by atoms with Crippen molar-refractivity contribution in [2.24, 2.45) is 11.8 Å². The predicted molar refractivity (Wildman–Crippen MR) is 146 cm³/mol. The summed E-state index contributed by atoms with van der Waals surface area (Å²) in [6, 6.07) is 6.04. The smallest absolute Gasteiger partial charge is 0.417 e. The highest BCUT2D eigenvalue weighted by Crippen LogP contribution is 2.31. The van der Waals surface area contributed by atoms with E-state index < -0.39 is 29.3 Å². The topological polar surface area (TPSA) is 123 Å². The van der Waals surface area contributed by atoms with Crippen LogP contribution in [0.3, 0.4) is 0 Å². The van der Waals surface area contributed by atoms with Crippen LogP contribution in [0.15, 0.2) is 24.3 Å². The number of carbonyl (C=O) groups excluding carboxylic acids is 4. The minimum Gasteiger partial charge on any atom is -0.467 e. The van der Waals surface area contributed by atoms with Crippen molar-refractivity contribution < 1.29 is 28.7 Å². The third-order valence-corrected chi connectivity index (χ3v) is 8.23. The fraction of sp³-hybridized carbons (Fsp3) is 0.630. The van der Waals surface area contributed by atoms with Crippen LogP contribution in [0.25, 0.3) is 0 Å². The Morgan fingerprint density at radius 3 is 2.55 bits per heavy atom. The van der Waals surface area contributed by atoms with E-state index in [1.165, 1.54) is 13.5 Å². The number of esters is 1. The number of halogens is 1. The molecule has 0 bridgehead atoms. The van der Waals surface area contributed by atoms with Gasteiger partial charge in [0.15, 0.2) is 0 Å². The fourth-order valence-electron chi connectivity index (χ4n) is 5.15. The summed E-state index contributed by atoms with van der Waals surface area (Å²) in [4.78, 5) is 50.8. The van der Waals surface area contributed by atoms with Crippen LogP contribution in [-0.4, -0.2) is 47.8 Å². The molecule has 2 fully saturated rings. The van der Waals surface area contributed by atoms with E-state index in [4.69, 9.17) is 21.1 Å². The molecule has 0 spiro atoms. The van der Waals surface area contributed by atoms with E-state index >= 15 is 0 Å². The molecule has 0 radical (unpaired) electrons. The molecule has 1 aromatic carbocycles. The van der Waals surface area contributed by atoms with Gasteiger partial charge in [-0.05, 0) is 68.7 Å². The quantitative estimate of drug-likeness (QED) is 0.265. The number of rotatable bonds is 11. The zero-order valence-corrected chi connectivity index (χ0v) is 23.8. The van der Waals surface area contributed by atoms with Crippen molar-refractivity contribution >= 4 is 47.4 Å². The lowest BCUT2D eigenvalue weighted by Gasteiger charge is -2.27. The van der Waals surface area contributed by atoms with Crippen molar-refractivity contribution in [2.45, 2.75) is 88.7 Å². The largest absolute Gasteiger partial charge is 0.467 e. The molecule has 38 heavy (non-hydrogen) atoms. The minimum absolute atomic E-state index is 0.0384. The average Bonchev–Trinajstić information content (AvgIpc) is 3.15. The average molecular weight is 568 g/mol. The van der Waals surface area contributed by atoms with Gasteiger partial charge in [-0.2, -0.15) is 0 Å². The van der Waals surface area contributed by atoms with Crippen LogP contribution < -0.4 is 15.4 Å². The summed E-state index contributed by atoms with van der Waals surface area (Å²) in [6.45, 7) is 3.88. The molecule has 1 aromatic rings. The van der Waals surface area contributed by atoms with Gasteiger partial charge in [0.25, 0.3) is 0 Å². The first kappa shape index (κ1) is 30.1. The molecule has 3 atom stereocenters. The maximum atomic E-state index is 13.4. The van der Waals surface area contributed by atoms with Crippen LogP contribution >= 0.6 is 23.5 Å². The fourth-order valence-corrected chi connectivity index (χ4v) is 6.20. The predicted octanol–water partition coefficient (Wildman–Crippen LogP) is 4.52. The van der Waals surface area contributed by atoms with Crippen molar-refractivity contribution in [3.05, 3.63) is 34.9 Å². The maximum Gasteiger partial charge on any atom is 0.417 e. The maximum absolute atomic E-state index is 13.4. The number of benzene rings is 1. The molecule has 9 nitrogen and oxygen atoms in total. The lowest BCUT2D eigenvalue weighted by Crippen LogP contribution is -2.47. The third-order valence-electron chi connectivity index (χ3n) is 7.02. The zero-order valence-electron chi connectivity index (χ0n) is 22.2. The summed E-state index contributed by atoms with van der Waals surface area (Å²) in [6.07, 6.45) is 5.99. The van der Waals surface area contributed by atoms with E-state index in [1.54, 1.807) is 24.3 Å². The molecule has 2 aliphatic rings. The SMILES string of the molecule is COC(=O)C(CC1CC(C)(C)NC1=O)NC(=O)[C@H](CC1CCCCC1)SNC(=O)OCc1cccc(Cl)c1. The van der Waals surface area contributed by atoms with Crippen molar-refractivity contribution in [3.8, 4) is 0 Å². The lowest BCUT2D eigenvalue weighted by atomic mass is 9.86. The van der Waals surface area contributed by atoms with E-state index in [0.717, 1.165) is 43.2 Å². The molecule has 210 valence electrons. The standard InChI is InChI=1S/C27H38ClN3O6S/c1-27(2)15-19(23(32)30-27)14-21(25(34)36-3)29-24(33)22(13-17-8-5-4-6-9-17)38-31-26(35)37-16-18-10-7-11-20(28)12-18/h7,10-12,17,19,21-22H,4-6,8-9,13-16H2,1-3H3,(H,29,33)(H,30,32)(H,31,35)/t19?,21?,22-/m0/s1. The molecule has 2 unspecified atom stereocenters. The van der Waals surface area contributed by atoms with Gasteiger partial charge >= 0.3 is 12.1 Å². The van der Waals surface area contributed by atoms with E-state index in [-0.39, 0.29) is 30.4 Å². The Morgan fingerprint density at radius 1 is 1.18 bits per heavy atom. The van der Waals surface area contributed by atoms with Gasteiger partial charge in [-0.3, -0.25) is 14.3 Å². The molecular weight excluding hydrogens is 530 g/mol. The summed E-state index contributed by atoms with van der Waals surface area (Å²) >= 11 is 6.96. The van der Waals surface area contributed by atoms with Crippen molar-refractivity contribution in [1.82, 2.24) is 15.4 Å². The van der Waals surface area contributed by atoms with Crippen molar-refractivity contribution in [1.29, 1.82) is 0 Å². The second-order valence-corrected chi connectivity index (χ2v) is 12.2. The third kappa shape index (κ3) is 9.38. The molecule has 3 N–H and O–H groups in total. The number of hydrogen-bond acceptors (Lipinski definition) is 7. The van der Waals surface area contributed by atoms with Crippen LogP contribution in [0.5, 0.6) is 0 Å². The van der Waals surface area contributed by atoms with Gasteiger partial charge in [0, 0.05) is 16.5 Å². The Labute approximate surface area is 233 Å². The van der Waals surface area contributed by atoms with Gasteiger partial charge < -0.3 is 20.1 Å². The van der Waals surface area contributed by atoms with Crippen LogP contribution in [0, 0.1) is 11.8 Å². The summed E-state index contributed by atoms with van der Waals surface area (Å²) in [5.74, 6) is -1.21. The number of ether oxygens (including phenoxy) is 2. The monoisotopic (exact) mass is 567 g/mol. The molecule has 1 saturated carbocycles. The van der Waals surface area contributed by atoms with E-state index in [2.05, 4.69) is 15.4 Å². The molecule has 11 heteroatoms. The normalized spacial score (nSPS) is 20.6. The van der Waals surface area contributed by atoms with Crippen LogP contribution in [-0.2, 0) is 30.5 Å². The van der Waals surface area contributed by atoms with Crippen molar-refractivity contribution in [2.75, 3.05) is 7.11 Å². The van der Waals surface area contributed by atoms with Gasteiger partial charge in [-0.25, -0.2) is 9.59 Å². The Hall–Kier alpha value is -2.46. The van der Waals surface area contributed by atoms with Crippen LogP contribution in [0.2, 0.25) is 5.02 Å². The summed E-state index contributed by atoms with van der Waals surface area (Å²) in [7, 11) is 1.26. The van der Waals surface area contributed by atoms with Gasteiger partial charge in [0.05, 0.1) is 7.11 Å². The highest BCUT2D eigenvalue weighted by Gasteiger charge is 2.40. The van der Waals surface area contributed by atoms with Gasteiger partial charge in [0.2, 0.25) is 11.8 Å². The number of amides is 3. The van der Waals surface area contributed by atoms with Gasteiger partial charge in [0.1, 0.15) is 17.9 Å². The van der Waals surface area contributed by atoms with E-state index in [9.17, 15) is 19.2 Å². The number of carbonyl (C=O) groups is 4. The van der Waals surface area contributed by atoms with Gasteiger partial charge in [-0.15, -0.1) is 0 Å². The Balaban J connectivity index is 1.62. The molecular formula is C27H38ClN3O6S. The molecule has 1 saturated heterocycles. The van der Waals surface area contributed by atoms with Crippen LogP contribution in [0.4, 0.5) is 4.79 Å². The first-order valence-corrected chi connectivity index (χ1v) is 14.3. The second-order valence-electron chi connectivity index (χ2n) is 10.7. The molecule has 3 rings (SSSR count). The lowest BCUT2D eigenvalue weighted by molar-refractivity contribution is -0.145. The summed E-state index contributed by atoms with van der Waals surface area (Å²) in [5, 5.41) is 5.62. The molecule has 0 aromatic heterocycles. The molecule has 1 aliphatic carbocycles. The first-order chi connectivity index (χ1) is 18.1. The number of nitrogens with one attached hydrogen (secondary N) is 3. The summed E-state index contributed by atoms with van der Waals surface area (Å²) < 4.78 is 12.8. The minimum atomic E-state index is -0.971. The Bertz CT molecular complexity index is 1000. The van der Waals surface area contributed by atoms with E-state index in [1.807, 2.05) is 13.8 Å². The van der Waals surface area contributed by atoms with Crippen LogP contribution in [0.1, 0.15) is 70.8 Å². The first-order valence-electron chi connectivity index (χ1n) is 13.1. The molecule has 1 heterocycles. The Morgan fingerprint density at radius 2 is 1.92 bits per heavy atom. The zero-order chi connectivity index (χ0) is 27.7. The molecule has 3 amide bonds. The number of methoxy groups -OCH3 is 1. The second kappa shape index (κ2) is 14.1. The summed E-state index contributed by atoms with van der Waals surface area (Å²) in [5.41, 5.74) is 0.371. The van der Waals surface area contributed by atoms with Crippen molar-refractivity contribution in [3.63, 3.8) is 0 Å². The molecule has 1 aliphatic heterocycles. The Kier molecular flexibility index (Phi) is 11.1. The van der Waals surface area contributed by atoms with E-state index in [0.29, 0.717) is 23.8 Å². The van der Waals surface area contributed by atoms with Gasteiger partial charge in [-0.1, -0.05) is 55.8 Å².